The molecule has 1 nitrogen and oxygen atoms in total. The van der Waals surface area contributed by atoms with E-state index in [0.717, 1.165) is 0 Å². The molecule has 0 spiro atoms. The van der Waals surface area contributed by atoms with Crippen LogP contribution in [0.3, 0.4) is 0 Å². The first-order valence-corrected chi connectivity index (χ1v) is 8.95. The summed E-state index contributed by atoms with van der Waals surface area (Å²) in [4.78, 5) is 0. The highest BCUT2D eigenvalue weighted by Gasteiger charge is 2.27. The van der Waals surface area contributed by atoms with Crippen molar-refractivity contribution < 1.29 is 0 Å². The van der Waals surface area contributed by atoms with E-state index in [1.165, 1.54) is 44.1 Å². The van der Waals surface area contributed by atoms with E-state index in [0.29, 0.717) is 0 Å². The van der Waals surface area contributed by atoms with Gasteiger partial charge in [-0.2, -0.15) is 0 Å². The number of fused-ring (bicyclic) bond motifs is 3. The molecule has 0 saturated carbocycles. The third-order valence-electron chi connectivity index (χ3n) is 5.75. The Balaban J connectivity index is 2.04. The molecule has 0 atom stereocenters. The second-order valence-corrected chi connectivity index (χ2v) is 7.70. The zero-order chi connectivity index (χ0) is 17.8. The zero-order valence-electron chi connectivity index (χ0n) is 15.7. The van der Waals surface area contributed by atoms with Crippen molar-refractivity contribution in [2.45, 2.75) is 33.1 Å². The summed E-state index contributed by atoms with van der Waals surface area (Å²) in [6, 6.07) is 22.2. The predicted octanol–water partition coefficient (Wildman–Crippen LogP) is 6.27. The summed E-state index contributed by atoms with van der Waals surface area (Å²) in [5, 5.41) is 2.68. The minimum absolute atomic E-state index is 0.0272. The fraction of sp³-hybridized carbons (Fsp3) is 0.250. The third-order valence-corrected chi connectivity index (χ3v) is 5.75. The Hall–Kier alpha value is -2.54. The zero-order valence-corrected chi connectivity index (χ0v) is 15.7. The molecule has 0 aliphatic rings. The lowest BCUT2D eigenvalue weighted by atomic mass is 9.74. The topological polar surface area (TPSA) is 4.93 Å². The Bertz CT molecular complexity index is 1100. The Morgan fingerprint density at radius 3 is 2.12 bits per heavy atom. The Morgan fingerprint density at radius 2 is 1.36 bits per heavy atom. The number of nitrogens with zero attached hydrogens (tertiary/aromatic N) is 1. The largest absolute Gasteiger partial charge is 0.344 e. The summed E-state index contributed by atoms with van der Waals surface area (Å²) in [5.41, 5.74) is 8.09. The van der Waals surface area contributed by atoms with Crippen LogP contribution < -0.4 is 0 Å². The van der Waals surface area contributed by atoms with Crippen LogP contribution in [0.5, 0.6) is 0 Å². The van der Waals surface area contributed by atoms with Gasteiger partial charge in [-0.05, 0) is 54.3 Å². The van der Waals surface area contributed by atoms with E-state index >= 15 is 0 Å². The maximum Gasteiger partial charge on any atom is 0.0491 e. The average molecular weight is 327 g/mol. The van der Waals surface area contributed by atoms with Crippen molar-refractivity contribution in [1.82, 2.24) is 4.57 Å². The second-order valence-electron chi connectivity index (χ2n) is 7.70. The van der Waals surface area contributed by atoms with E-state index in [1.807, 2.05) is 0 Å². The van der Waals surface area contributed by atoms with Crippen molar-refractivity contribution in [3.63, 3.8) is 0 Å². The molecule has 126 valence electrons. The van der Waals surface area contributed by atoms with Crippen LogP contribution in [-0.4, -0.2) is 4.57 Å². The van der Waals surface area contributed by atoms with E-state index in [-0.39, 0.29) is 5.41 Å². The second kappa shape index (κ2) is 5.49. The third kappa shape index (κ3) is 2.30. The van der Waals surface area contributed by atoms with Crippen molar-refractivity contribution >= 4 is 21.8 Å². The summed E-state index contributed by atoms with van der Waals surface area (Å²) in [6.07, 6.45) is 0. The van der Waals surface area contributed by atoms with Crippen LogP contribution in [0.2, 0.25) is 0 Å². The van der Waals surface area contributed by atoms with Crippen LogP contribution in [0.15, 0.2) is 60.7 Å². The van der Waals surface area contributed by atoms with Gasteiger partial charge in [0.2, 0.25) is 0 Å². The predicted molar refractivity (Wildman–Crippen MR) is 108 cm³/mol. The molecule has 0 amide bonds. The quantitative estimate of drug-likeness (QED) is 0.408. The lowest BCUT2D eigenvalue weighted by Gasteiger charge is -2.30. The summed E-state index contributed by atoms with van der Waals surface area (Å²) in [5.74, 6) is 0. The number of benzene rings is 3. The first-order chi connectivity index (χ1) is 11.9. The molecule has 0 N–H and O–H groups in total. The normalized spacial score (nSPS) is 12.2. The van der Waals surface area contributed by atoms with E-state index in [1.54, 1.807) is 0 Å². The van der Waals surface area contributed by atoms with Gasteiger partial charge >= 0.3 is 0 Å². The standard InChI is InChI=1S/C24H25N/c1-16-10-6-8-12-20(16)24(3,4)21-15-19-18-11-7-9-13-22(18)25(5)23(19)14-17(21)2/h6-15H,1-5H3. The smallest absolute Gasteiger partial charge is 0.0491 e. The number of hydrogen-bond donors (Lipinski definition) is 0. The van der Waals surface area contributed by atoms with Gasteiger partial charge in [-0.1, -0.05) is 56.3 Å². The highest BCUT2D eigenvalue weighted by molar-refractivity contribution is 6.08. The first-order valence-electron chi connectivity index (χ1n) is 8.95. The van der Waals surface area contributed by atoms with Crippen LogP contribution in [0, 0.1) is 13.8 Å². The van der Waals surface area contributed by atoms with Crippen LogP contribution in [-0.2, 0) is 12.5 Å². The van der Waals surface area contributed by atoms with Crippen LogP contribution >= 0.6 is 0 Å². The number of aryl methyl sites for hydroxylation is 3. The number of aromatic nitrogens is 1. The molecule has 0 bridgehead atoms. The SMILES string of the molecule is Cc1ccccc1C(C)(C)c1cc2c3ccccc3n(C)c2cc1C. The molecule has 1 heteroatoms. The van der Waals surface area contributed by atoms with E-state index in [2.05, 4.69) is 100.0 Å². The van der Waals surface area contributed by atoms with Crippen molar-refractivity contribution in [2.24, 2.45) is 7.05 Å². The molecule has 0 saturated heterocycles. The molecular formula is C24H25N. The fourth-order valence-electron chi connectivity index (χ4n) is 4.40. The molecule has 0 fully saturated rings. The van der Waals surface area contributed by atoms with Crippen molar-refractivity contribution in [3.05, 3.63) is 82.9 Å². The van der Waals surface area contributed by atoms with Gasteiger partial charge in [0.05, 0.1) is 0 Å². The Morgan fingerprint density at radius 1 is 0.680 bits per heavy atom. The fourth-order valence-corrected chi connectivity index (χ4v) is 4.40. The van der Waals surface area contributed by atoms with Gasteiger partial charge in [-0.25, -0.2) is 0 Å². The van der Waals surface area contributed by atoms with Crippen molar-refractivity contribution in [1.29, 1.82) is 0 Å². The molecule has 0 aliphatic carbocycles. The lowest BCUT2D eigenvalue weighted by molar-refractivity contribution is 0.632. The van der Waals surface area contributed by atoms with Gasteiger partial charge in [0, 0.05) is 34.3 Å². The highest BCUT2D eigenvalue weighted by Crippen LogP contribution is 2.39. The maximum atomic E-state index is 2.42. The van der Waals surface area contributed by atoms with E-state index in [9.17, 15) is 0 Å². The molecule has 1 heterocycles. The van der Waals surface area contributed by atoms with Crippen LogP contribution in [0.4, 0.5) is 0 Å². The van der Waals surface area contributed by atoms with Crippen molar-refractivity contribution in [2.75, 3.05) is 0 Å². The molecule has 1 aromatic heterocycles. The summed E-state index contributed by atoms with van der Waals surface area (Å²) < 4.78 is 2.31. The van der Waals surface area contributed by atoms with Gasteiger partial charge in [0.1, 0.15) is 0 Å². The summed E-state index contributed by atoms with van der Waals surface area (Å²) in [7, 11) is 2.16. The number of rotatable bonds is 2. The Kier molecular flexibility index (Phi) is 3.50. The van der Waals surface area contributed by atoms with Gasteiger partial charge in [-0.15, -0.1) is 0 Å². The minimum atomic E-state index is -0.0272. The minimum Gasteiger partial charge on any atom is -0.344 e. The van der Waals surface area contributed by atoms with E-state index < -0.39 is 0 Å². The summed E-state index contributed by atoms with van der Waals surface area (Å²) >= 11 is 0. The molecule has 4 aromatic rings. The summed E-state index contributed by atoms with van der Waals surface area (Å²) in [6.45, 7) is 9.14. The van der Waals surface area contributed by atoms with Gasteiger partial charge in [-0.3, -0.25) is 0 Å². The van der Waals surface area contributed by atoms with Crippen molar-refractivity contribution in [3.8, 4) is 0 Å². The maximum absolute atomic E-state index is 2.42. The lowest BCUT2D eigenvalue weighted by Crippen LogP contribution is -2.21. The number of para-hydroxylation sites is 1. The molecule has 0 radical (unpaired) electrons. The van der Waals surface area contributed by atoms with Gasteiger partial charge in [0.15, 0.2) is 0 Å². The number of hydrogen-bond acceptors (Lipinski definition) is 0. The highest BCUT2D eigenvalue weighted by atomic mass is 14.9. The molecule has 3 aromatic carbocycles. The Labute approximate surface area is 149 Å². The molecule has 25 heavy (non-hydrogen) atoms. The van der Waals surface area contributed by atoms with Gasteiger partial charge in [0.25, 0.3) is 0 Å². The molecule has 4 rings (SSSR count). The monoisotopic (exact) mass is 327 g/mol. The molecule has 0 aliphatic heterocycles. The van der Waals surface area contributed by atoms with Gasteiger partial charge < -0.3 is 4.57 Å². The average Bonchev–Trinajstić information content (AvgIpc) is 2.87. The first kappa shape index (κ1) is 16.0. The van der Waals surface area contributed by atoms with E-state index in [4.69, 9.17) is 0 Å². The molecular weight excluding hydrogens is 302 g/mol. The van der Waals surface area contributed by atoms with Crippen LogP contribution in [0.25, 0.3) is 21.8 Å². The molecule has 0 unspecified atom stereocenters. The van der Waals surface area contributed by atoms with Crippen LogP contribution in [0.1, 0.15) is 36.1 Å².